The normalized spacial score (nSPS) is 21.4. The third-order valence-corrected chi connectivity index (χ3v) is 4.11. The van der Waals surface area contributed by atoms with Crippen molar-refractivity contribution in [3.8, 4) is 0 Å². The molecule has 2 amide bonds. The number of amides is 2. The summed E-state index contributed by atoms with van der Waals surface area (Å²) >= 11 is 1.38. The summed E-state index contributed by atoms with van der Waals surface area (Å²) in [4.78, 5) is 29.4. The van der Waals surface area contributed by atoms with Crippen LogP contribution in [0.5, 0.6) is 0 Å². The molecule has 0 spiro atoms. The lowest BCUT2D eigenvalue weighted by Gasteiger charge is -2.15. The molecule has 0 saturated carbocycles. The summed E-state index contributed by atoms with van der Waals surface area (Å²) < 4.78 is 0. The van der Waals surface area contributed by atoms with Gasteiger partial charge >= 0.3 is 0 Å². The molecule has 19 heavy (non-hydrogen) atoms. The van der Waals surface area contributed by atoms with E-state index >= 15 is 0 Å². The van der Waals surface area contributed by atoms with Crippen LogP contribution in [0.25, 0.3) is 0 Å². The van der Waals surface area contributed by atoms with Gasteiger partial charge in [0.1, 0.15) is 5.25 Å². The highest BCUT2D eigenvalue weighted by molar-refractivity contribution is 8.15. The highest BCUT2D eigenvalue weighted by Gasteiger charge is 2.38. The molecular formula is C13H23N3O2S. The molecule has 0 radical (unpaired) electrons. The van der Waals surface area contributed by atoms with E-state index in [0.717, 1.165) is 37.4 Å². The standard InChI is InChI=1S/C13H23N3O2S/c1-3-5-7-15-13-16(8-6-4-2)12(18)10(19-13)9-11(14)17/h10H,3-9H2,1-2H3,(H2,14,17)/t10-/m1/s1. The second kappa shape index (κ2) is 8.19. The van der Waals surface area contributed by atoms with Crippen molar-refractivity contribution in [2.45, 2.75) is 51.2 Å². The third kappa shape index (κ3) is 4.86. The minimum atomic E-state index is -0.434. The Morgan fingerprint density at radius 2 is 2.05 bits per heavy atom. The van der Waals surface area contributed by atoms with E-state index in [0.29, 0.717) is 6.54 Å². The zero-order valence-electron chi connectivity index (χ0n) is 11.7. The number of unbranched alkanes of at least 4 members (excludes halogenated alkanes) is 2. The van der Waals surface area contributed by atoms with Crippen molar-refractivity contribution < 1.29 is 9.59 Å². The van der Waals surface area contributed by atoms with Gasteiger partial charge in [0, 0.05) is 19.5 Å². The fourth-order valence-electron chi connectivity index (χ4n) is 1.80. The molecule has 5 nitrogen and oxygen atoms in total. The molecule has 1 atom stereocenters. The van der Waals surface area contributed by atoms with Gasteiger partial charge in [-0.1, -0.05) is 38.5 Å². The van der Waals surface area contributed by atoms with Crippen molar-refractivity contribution in [3.63, 3.8) is 0 Å². The quantitative estimate of drug-likeness (QED) is 0.690. The number of nitrogens with two attached hydrogens (primary N) is 1. The van der Waals surface area contributed by atoms with Crippen molar-refractivity contribution >= 4 is 28.7 Å². The summed E-state index contributed by atoms with van der Waals surface area (Å²) in [6.45, 7) is 5.61. The van der Waals surface area contributed by atoms with Crippen LogP contribution in [0.4, 0.5) is 0 Å². The highest BCUT2D eigenvalue weighted by Crippen LogP contribution is 2.29. The van der Waals surface area contributed by atoms with Crippen molar-refractivity contribution in [1.29, 1.82) is 0 Å². The molecule has 0 aliphatic carbocycles. The van der Waals surface area contributed by atoms with E-state index in [-0.39, 0.29) is 17.6 Å². The molecule has 1 heterocycles. The number of carbonyl (C=O) groups excluding carboxylic acids is 2. The van der Waals surface area contributed by atoms with Gasteiger partial charge in [-0.2, -0.15) is 0 Å². The third-order valence-electron chi connectivity index (χ3n) is 2.90. The molecule has 6 heteroatoms. The molecule has 0 aromatic rings. The second-order valence-electron chi connectivity index (χ2n) is 4.64. The molecule has 1 saturated heterocycles. The van der Waals surface area contributed by atoms with Crippen molar-refractivity contribution in [3.05, 3.63) is 0 Å². The summed E-state index contributed by atoms with van der Waals surface area (Å²) in [6, 6.07) is 0. The van der Waals surface area contributed by atoms with E-state index in [4.69, 9.17) is 5.73 Å². The van der Waals surface area contributed by atoms with E-state index in [9.17, 15) is 9.59 Å². The molecule has 1 aliphatic heterocycles. The Balaban J connectivity index is 2.72. The summed E-state index contributed by atoms with van der Waals surface area (Å²) in [5.41, 5.74) is 5.18. The summed E-state index contributed by atoms with van der Waals surface area (Å²) in [5, 5.41) is 0.382. The lowest BCUT2D eigenvalue weighted by Crippen LogP contribution is -2.34. The van der Waals surface area contributed by atoms with Crippen LogP contribution in [-0.2, 0) is 9.59 Å². The number of nitrogens with zero attached hydrogens (tertiary/aromatic N) is 2. The van der Waals surface area contributed by atoms with E-state index in [1.807, 2.05) is 0 Å². The van der Waals surface area contributed by atoms with Crippen molar-refractivity contribution in [2.24, 2.45) is 10.7 Å². The monoisotopic (exact) mass is 285 g/mol. The molecular weight excluding hydrogens is 262 g/mol. The predicted molar refractivity (Wildman–Crippen MR) is 79.0 cm³/mol. The first kappa shape index (κ1) is 16.0. The van der Waals surface area contributed by atoms with Gasteiger partial charge in [-0.25, -0.2) is 0 Å². The number of amidine groups is 1. The van der Waals surface area contributed by atoms with Crippen molar-refractivity contribution in [2.75, 3.05) is 13.1 Å². The first-order valence-corrected chi connectivity index (χ1v) is 7.78. The summed E-state index contributed by atoms with van der Waals surface area (Å²) in [6.07, 6.45) is 4.16. The van der Waals surface area contributed by atoms with Gasteiger partial charge in [-0.3, -0.25) is 19.5 Å². The Morgan fingerprint density at radius 1 is 1.37 bits per heavy atom. The molecule has 0 unspecified atom stereocenters. The predicted octanol–water partition coefficient (Wildman–Crippen LogP) is 1.76. The van der Waals surface area contributed by atoms with Crippen LogP contribution in [0.3, 0.4) is 0 Å². The number of hydrogen-bond donors (Lipinski definition) is 1. The number of aliphatic imine (C=N–C) groups is 1. The smallest absolute Gasteiger partial charge is 0.242 e. The van der Waals surface area contributed by atoms with Crippen LogP contribution >= 0.6 is 11.8 Å². The van der Waals surface area contributed by atoms with Gasteiger partial charge in [0.15, 0.2) is 5.17 Å². The van der Waals surface area contributed by atoms with Gasteiger partial charge in [0.25, 0.3) is 0 Å². The maximum absolute atomic E-state index is 12.2. The van der Waals surface area contributed by atoms with Gasteiger partial charge in [0.2, 0.25) is 11.8 Å². The Morgan fingerprint density at radius 3 is 2.63 bits per heavy atom. The molecule has 0 bridgehead atoms. The minimum absolute atomic E-state index is 0.0208. The van der Waals surface area contributed by atoms with E-state index in [2.05, 4.69) is 18.8 Å². The van der Waals surface area contributed by atoms with E-state index in [1.54, 1.807) is 4.90 Å². The van der Waals surface area contributed by atoms with E-state index in [1.165, 1.54) is 11.8 Å². The maximum Gasteiger partial charge on any atom is 0.242 e. The van der Waals surface area contributed by atoms with Crippen LogP contribution in [0, 0.1) is 0 Å². The van der Waals surface area contributed by atoms with Gasteiger partial charge in [-0.05, 0) is 12.8 Å². The molecule has 1 fully saturated rings. The molecule has 108 valence electrons. The lowest BCUT2D eigenvalue weighted by molar-refractivity contribution is -0.128. The summed E-state index contributed by atoms with van der Waals surface area (Å²) in [7, 11) is 0. The van der Waals surface area contributed by atoms with Gasteiger partial charge < -0.3 is 5.73 Å². The average molecular weight is 285 g/mol. The maximum atomic E-state index is 12.2. The fraction of sp³-hybridized carbons (Fsp3) is 0.769. The molecule has 2 N–H and O–H groups in total. The zero-order chi connectivity index (χ0) is 14.3. The number of rotatable bonds is 8. The van der Waals surface area contributed by atoms with Crippen LogP contribution in [0.2, 0.25) is 0 Å². The number of carbonyl (C=O) groups is 2. The van der Waals surface area contributed by atoms with Crippen LogP contribution in [0.1, 0.15) is 46.0 Å². The SMILES string of the molecule is CCCCN=C1S[C@H](CC(N)=O)C(=O)N1CCCC. The van der Waals surface area contributed by atoms with Crippen molar-refractivity contribution in [1.82, 2.24) is 4.90 Å². The minimum Gasteiger partial charge on any atom is -0.370 e. The fourth-order valence-corrected chi connectivity index (χ4v) is 3.00. The van der Waals surface area contributed by atoms with Crippen LogP contribution in [-0.4, -0.2) is 40.2 Å². The molecule has 0 aromatic heterocycles. The Bertz CT molecular complexity index is 358. The summed E-state index contributed by atoms with van der Waals surface area (Å²) in [5.74, 6) is -0.455. The topological polar surface area (TPSA) is 75.8 Å². The molecule has 1 rings (SSSR count). The van der Waals surface area contributed by atoms with Crippen LogP contribution < -0.4 is 5.73 Å². The Labute approximate surface area is 119 Å². The number of primary amides is 1. The zero-order valence-corrected chi connectivity index (χ0v) is 12.5. The average Bonchev–Trinajstić information content (AvgIpc) is 2.64. The second-order valence-corrected chi connectivity index (χ2v) is 5.81. The number of hydrogen-bond acceptors (Lipinski definition) is 4. The van der Waals surface area contributed by atoms with E-state index < -0.39 is 5.91 Å². The van der Waals surface area contributed by atoms with Crippen LogP contribution in [0.15, 0.2) is 4.99 Å². The van der Waals surface area contributed by atoms with Gasteiger partial charge in [-0.15, -0.1) is 0 Å². The first-order chi connectivity index (χ1) is 9.10. The largest absolute Gasteiger partial charge is 0.370 e. The lowest BCUT2D eigenvalue weighted by atomic mass is 10.2. The van der Waals surface area contributed by atoms with Gasteiger partial charge in [0.05, 0.1) is 0 Å². The highest BCUT2D eigenvalue weighted by atomic mass is 32.2. The Kier molecular flexibility index (Phi) is 6.91. The Hall–Kier alpha value is -1.04. The molecule has 0 aromatic carbocycles. The first-order valence-electron chi connectivity index (χ1n) is 6.90. The molecule has 1 aliphatic rings. The number of thioether (sulfide) groups is 1.